The molecule has 1 N–H and O–H groups in total. The number of amides is 2. The molecule has 1 saturated heterocycles. The van der Waals surface area contributed by atoms with E-state index in [1.54, 1.807) is 18.3 Å². The SMILES string of the molecule is CC1CCN(C(=O)Nc2cc(Cl)ccn2)CC1. The van der Waals surface area contributed by atoms with Gasteiger partial charge in [-0.25, -0.2) is 9.78 Å². The fourth-order valence-corrected chi connectivity index (χ4v) is 2.03. The maximum atomic E-state index is 11.9. The van der Waals surface area contributed by atoms with Gasteiger partial charge in [0, 0.05) is 24.3 Å². The fraction of sp³-hybridized carbons (Fsp3) is 0.500. The quantitative estimate of drug-likeness (QED) is 0.836. The summed E-state index contributed by atoms with van der Waals surface area (Å²) >= 11 is 5.83. The first kappa shape index (κ1) is 12.2. The van der Waals surface area contributed by atoms with Gasteiger partial charge in [-0.3, -0.25) is 5.32 Å². The Morgan fingerprint density at radius 3 is 2.88 bits per heavy atom. The highest BCUT2D eigenvalue weighted by atomic mass is 35.5. The molecule has 4 nitrogen and oxygen atoms in total. The normalized spacial score (nSPS) is 16.9. The van der Waals surface area contributed by atoms with Gasteiger partial charge < -0.3 is 4.90 Å². The molecule has 0 atom stereocenters. The highest BCUT2D eigenvalue weighted by Crippen LogP contribution is 2.17. The van der Waals surface area contributed by atoms with Crippen molar-refractivity contribution in [1.29, 1.82) is 0 Å². The molecule has 5 heteroatoms. The third-order valence-electron chi connectivity index (χ3n) is 3.03. The number of halogens is 1. The van der Waals surface area contributed by atoms with Crippen LogP contribution >= 0.6 is 11.6 Å². The first-order valence-electron chi connectivity index (χ1n) is 5.82. The van der Waals surface area contributed by atoms with Gasteiger partial charge in [-0.05, 0) is 30.9 Å². The van der Waals surface area contributed by atoms with Crippen LogP contribution in [-0.2, 0) is 0 Å². The van der Waals surface area contributed by atoms with Crippen molar-refractivity contribution in [3.05, 3.63) is 23.4 Å². The van der Waals surface area contributed by atoms with Gasteiger partial charge in [-0.2, -0.15) is 0 Å². The highest BCUT2D eigenvalue weighted by molar-refractivity contribution is 6.30. The van der Waals surface area contributed by atoms with Crippen LogP contribution in [0.2, 0.25) is 5.02 Å². The number of carbonyl (C=O) groups excluding carboxylic acids is 1. The van der Waals surface area contributed by atoms with Gasteiger partial charge in [0.15, 0.2) is 0 Å². The van der Waals surface area contributed by atoms with E-state index in [0.29, 0.717) is 16.8 Å². The van der Waals surface area contributed by atoms with Crippen LogP contribution < -0.4 is 5.32 Å². The van der Waals surface area contributed by atoms with E-state index in [1.165, 1.54) is 0 Å². The minimum absolute atomic E-state index is 0.0910. The molecular weight excluding hydrogens is 238 g/mol. The second-order valence-electron chi connectivity index (χ2n) is 4.46. The molecule has 0 radical (unpaired) electrons. The number of hydrogen-bond donors (Lipinski definition) is 1. The molecule has 0 spiro atoms. The lowest BCUT2D eigenvalue weighted by atomic mass is 10.00. The topological polar surface area (TPSA) is 45.2 Å². The molecule has 1 aromatic rings. The number of carbonyl (C=O) groups is 1. The third-order valence-corrected chi connectivity index (χ3v) is 3.26. The van der Waals surface area contributed by atoms with Crippen LogP contribution in [0.5, 0.6) is 0 Å². The van der Waals surface area contributed by atoms with Crippen molar-refractivity contribution in [3.8, 4) is 0 Å². The minimum Gasteiger partial charge on any atom is -0.324 e. The first-order chi connectivity index (χ1) is 8.15. The van der Waals surface area contributed by atoms with Crippen LogP contribution in [0.25, 0.3) is 0 Å². The number of hydrogen-bond acceptors (Lipinski definition) is 2. The Labute approximate surface area is 106 Å². The second kappa shape index (κ2) is 5.36. The molecule has 1 aliphatic rings. The van der Waals surface area contributed by atoms with Gasteiger partial charge in [0.05, 0.1) is 0 Å². The van der Waals surface area contributed by atoms with Gasteiger partial charge in [0.25, 0.3) is 0 Å². The number of urea groups is 1. The number of nitrogens with zero attached hydrogens (tertiary/aromatic N) is 2. The Balaban J connectivity index is 1.93. The van der Waals surface area contributed by atoms with Crippen LogP contribution in [0.3, 0.4) is 0 Å². The lowest BCUT2D eigenvalue weighted by Crippen LogP contribution is -2.40. The van der Waals surface area contributed by atoms with Crippen LogP contribution in [-0.4, -0.2) is 29.0 Å². The molecule has 0 aromatic carbocycles. The molecule has 2 rings (SSSR count). The lowest BCUT2D eigenvalue weighted by molar-refractivity contribution is 0.186. The summed E-state index contributed by atoms with van der Waals surface area (Å²) in [6.45, 7) is 3.84. The lowest BCUT2D eigenvalue weighted by Gasteiger charge is -2.30. The Hall–Kier alpha value is -1.29. The molecular formula is C12H16ClN3O. The molecule has 0 bridgehead atoms. The largest absolute Gasteiger partial charge is 0.324 e. The van der Waals surface area contributed by atoms with E-state index in [-0.39, 0.29) is 6.03 Å². The van der Waals surface area contributed by atoms with Crippen molar-refractivity contribution in [3.63, 3.8) is 0 Å². The number of anilines is 1. The van der Waals surface area contributed by atoms with Crippen LogP contribution in [0, 0.1) is 5.92 Å². The summed E-state index contributed by atoms with van der Waals surface area (Å²) in [4.78, 5) is 17.8. The van der Waals surface area contributed by atoms with E-state index in [4.69, 9.17) is 11.6 Å². The van der Waals surface area contributed by atoms with Crippen molar-refractivity contribution in [2.75, 3.05) is 18.4 Å². The first-order valence-corrected chi connectivity index (χ1v) is 6.20. The van der Waals surface area contributed by atoms with Gasteiger partial charge in [0.1, 0.15) is 5.82 Å². The minimum atomic E-state index is -0.0910. The number of rotatable bonds is 1. The van der Waals surface area contributed by atoms with Crippen molar-refractivity contribution in [2.24, 2.45) is 5.92 Å². The van der Waals surface area contributed by atoms with Crippen molar-refractivity contribution in [2.45, 2.75) is 19.8 Å². The maximum Gasteiger partial charge on any atom is 0.323 e. The van der Waals surface area contributed by atoms with Crippen molar-refractivity contribution < 1.29 is 4.79 Å². The number of nitrogens with one attached hydrogen (secondary N) is 1. The van der Waals surface area contributed by atoms with Gasteiger partial charge in [-0.15, -0.1) is 0 Å². The van der Waals surface area contributed by atoms with E-state index >= 15 is 0 Å². The van der Waals surface area contributed by atoms with Gasteiger partial charge >= 0.3 is 6.03 Å². The average molecular weight is 254 g/mol. The Bertz CT molecular complexity index is 402. The van der Waals surface area contributed by atoms with Gasteiger partial charge in [0.2, 0.25) is 0 Å². The molecule has 92 valence electrons. The monoisotopic (exact) mass is 253 g/mol. The molecule has 0 unspecified atom stereocenters. The highest BCUT2D eigenvalue weighted by Gasteiger charge is 2.20. The standard InChI is InChI=1S/C12H16ClN3O/c1-9-3-6-16(7-4-9)12(17)15-11-8-10(13)2-5-14-11/h2,5,8-9H,3-4,6-7H2,1H3,(H,14,15,17). The Morgan fingerprint density at radius 2 is 2.24 bits per heavy atom. The smallest absolute Gasteiger partial charge is 0.323 e. The van der Waals surface area contributed by atoms with E-state index in [0.717, 1.165) is 25.9 Å². The zero-order valence-corrected chi connectivity index (χ0v) is 10.6. The Morgan fingerprint density at radius 1 is 1.53 bits per heavy atom. The summed E-state index contributed by atoms with van der Waals surface area (Å²) in [5, 5.41) is 3.33. The maximum absolute atomic E-state index is 11.9. The van der Waals surface area contributed by atoms with Crippen LogP contribution in [0.1, 0.15) is 19.8 Å². The zero-order chi connectivity index (χ0) is 12.3. The summed E-state index contributed by atoms with van der Waals surface area (Å²) in [7, 11) is 0. The molecule has 1 fully saturated rings. The average Bonchev–Trinajstić information content (AvgIpc) is 2.29. The summed E-state index contributed by atoms with van der Waals surface area (Å²) in [5.74, 6) is 1.21. The summed E-state index contributed by atoms with van der Waals surface area (Å²) < 4.78 is 0. The van der Waals surface area contributed by atoms with Crippen molar-refractivity contribution >= 4 is 23.4 Å². The molecule has 0 aliphatic carbocycles. The molecule has 1 aliphatic heterocycles. The van der Waals surface area contributed by atoms with Gasteiger partial charge in [-0.1, -0.05) is 18.5 Å². The number of likely N-dealkylation sites (tertiary alicyclic amines) is 1. The number of pyridine rings is 1. The van der Waals surface area contributed by atoms with Crippen molar-refractivity contribution in [1.82, 2.24) is 9.88 Å². The molecule has 17 heavy (non-hydrogen) atoms. The molecule has 1 aromatic heterocycles. The number of aromatic nitrogens is 1. The molecule has 2 heterocycles. The summed E-state index contributed by atoms with van der Waals surface area (Å²) in [6, 6.07) is 3.23. The Kier molecular flexibility index (Phi) is 3.84. The fourth-order valence-electron chi connectivity index (χ4n) is 1.87. The van der Waals surface area contributed by atoms with E-state index < -0.39 is 0 Å². The van der Waals surface area contributed by atoms with Crippen LogP contribution in [0.15, 0.2) is 18.3 Å². The van der Waals surface area contributed by atoms with E-state index in [2.05, 4.69) is 17.2 Å². The molecule has 0 saturated carbocycles. The second-order valence-corrected chi connectivity index (χ2v) is 4.90. The predicted octanol–water partition coefficient (Wildman–Crippen LogP) is 3.00. The predicted molar refractivity (Wildman–Crippen MR) is 68.2 cm³/mol. The summed E-state index contributed by atoms with van der Waals surface area (Å²) in [6.07, 6.45) is 3.71. The van der Waals surface area contributed by atoms with E-state index in [1.807, 2.05) is 4.90 Å². The van der Waals surface area contributed by atoms with Crippen LogP contribution in [0.4, 0.5) is 10.6 Å². The zero-order valence-electron chi connectivity index (χ0n) is 9.82. The molecule has 2 amide bonds. The van der Waals surface area contributed by atoms with E-state index in [9.17, 15) is 4.79 Å². The summed E-state index contributed by atoms with van der Waals surface area (Å²) in [5.41, 5.74) is 0. The number of piperidine rings is 1. The third kappa shape index (κ3) is 3.33.